The summed E-state index contributed by atoms with van der Waals surface area (Å²) in [4.78, 5) is 14.2. The second-order valence-electron chi connectivity index (χ2n) is 2.64. The van der Waals surface area contributed by atoms with Gasteiger partial charge in [-0.05, 0) is 0 Å². The van der Waals surface area contributed by atoms with Gasteiger partial charge >= 0.3 is 5.97 Å². The summed E-state index contributed by atoms with van der Waals surface area (Å²) in [6.07, 6.45) is 0. The maximum absolute atomic E-state index is 11.7. The number of halogens is 1. The number of carboxylic acid groups (broad SMARTS) is 1. The summed E-state index contributed by atoms with van der Waals surface area (Å²) < 4.78 is 25.6. The summed E-state index contributed by atoms with van der Waals surface area (Å²) in [6.45, 7) is 3.44. The second kappa shape index (κ2) is 5.04. The zero-order valence-corrected chi connectivity index (χ0v) is 11.0. The zero-order valence-electron chi connectivity index (χ0n) is 7.81. The molecule has 0 radical (unpaired) electrons. The number of sulfonamides is 1. The van der Waals surface area contributed by atoms with E-state index in [2.05, 4.69) is 32.2 Å². The third-order valence-corrected chi connectivity index (χ3v) is 4.49. The number of nitrogens with zero attached hydrogens (tertiary/aromatic N) is 1. The molecular formula is C7H7BrN2O4S2. The highest BCUT2D eigenvalue weighted by molar-refractivity contribution is 9.11. The van der Waals surface area contributed by atoms with Crippen LogP contribution in [-0.2, 0) is 10.0 Å². The van der Waals surface area contributed by atoms with Gasteiger partial charge in [-0.25, -0.2) is 22.9 Å². The van der Waals surface area contributed by atoms with Crippen LogP contribution in [0.3, 0.4) is 0 Å². The van der Waals surface area contributed by atoms with Crippen molar-refractivity contribution in [2.45, 2.75) is 4.21 Å². The fraction of sp³-hybridized carbons (Fsp3) is 0.143. The standard InChI is InChI=1S/C7H7BrN2O4S2/c1-4(8)2-10-16(13,14)7-5(6(11)12)9-3-15-7/h3,10H,1-2H2,(H,11,12). The van der Waals surface area contributed by atoms with Crippen LogP contribution in [0.15, 0.2) is 20.8 Å². The van der Waals surface area contributed by atoms with Crippen LogP contribution >= 0.6 is 27.3 Å². The van der Waals surface area contributed by atoms with Crippen molar-refractivity contribution in [3.05, 3.63) is 22.3 Å². The van der Waals surface area contributed by atoms with Crippen molar-refractivity contribution < 1.29 is 18.3 Å². The number of aromatic nitrogens is 1. The first kappa shape index (κ1) is 13.3. The molecule has 6 nitrogen and oxygen atoms in total. The van der Waals surface area contributed by atoms with Gasteiger partial charge in [0, 0.05) is 11.0 Å². The predicted molar refractivity (Wildman–Crippen MR) is 62.3 cm³/mol. The summed E-state index contributed by atoms with van der Waals surface area (Å²) in [5.41, 5.74) is 0.693. The number of nitrogens with one attached hydrogen (secondary N) is 1. The molecule has 0 bridgehead atoms. The van der Waals surface area contributed by atoms with Crippen molar-refractivity contribution in [3.8, 4) is 0 Å². The van der Waals surface area contributed by atoms with Crippen molar-refractivity contribution in [2.24, 2.45) is 0 Å². The number of hydrogen-bond donors (Lipinski definition) is 2. The Kier molecular flexibility index (Phi) is 4.19. The average molecular weight is 327 g/mol. The molecule has 9 heteroatoms. The molecule has 0 aliphatic rings. The molecule has 1 heterocycles. The molecule has 0 aromatic carbocycles. The number of thiazole rings is 1. The second-order valence-corrected chi connectivity index (χ2v) is 6.57. The van der Waals surface area contributed by atoms with E-state index in [0.29, 0.717) is 4.48 Å². The Balaban J connectivity index is 3.03. The van der Waals surface area contributed by atoms with E-state index in [9.17, 15) is 13.2 Å². The topological polar surface area (TPSA) is 96.4 Å². The van der Waals surface area contributed by atoms with Gasteiger partial charge in [0.05, 0.1) is 5.51 Å². The fourth-order valence-electron chi connectivity index (χ4n) is 0.807. The highest BCUT2D eigenvalue weighted by Crippen LogP contribution is 2.19. The Labute approximate surface area is 104 Å². The Bertz CT molecular complexity index is 522. The Hall–Kier alpha value is -0.770. The summed E-state index contributed by atoms with van der Waals surface area (Å²) >= 11 is 3.74. The average Bonchev–Trinajstić information content (AvgIpc) is 2.63. The van der Waals surface area contributed by atoms with Gasteiger partial charge in [0.15, 0.2) is 9.90 Å². The van der Waals surface area contributed by atoms with Gasteiger partial charge in [0.1, 0.15) is 0 Å². The van der Waals surface area contributed by atoms with Crippen LogP contribution < -0.4 is 4.72 Å². The van der Waals surface area contributed by atoms with Crippen LogP contribution in [0.1, 0.15) is 10.5 Å². The maximum atomic E-state index is 11.7. The molecule has 2 N–H and O–H groups in total. The molecule has 0 atom stereocenters. The molecule has 0 saturated heterocycles. The van der Waals surface area contributed by atoms with Crippen molar-refractivity contribution in [2.75, 3.05) is 6.54 Å². The number of rotatable bonds is 5. The summed E-state index contributed by atoms with van der Waals surface area (Å²) in [6, 6.07) is 0. The smallest absolute Gasteiger partial charge is 0.356 e. The summed E-state index contributed by atoms with van der Waals surface area (Å²) in [5, 5.41) is 8.72. The molecule has 0 aliphatic carbocycles. The third kappa shape index (κ3) is 3.11. The lowest BCUT2D eigenvalue weighted by Crippen LogP contribution is -2.25. The molecule has 1 aromatic heterocycles. The number of carbonyl (C=O) groups is 1. The van der Waals surface area contributed by atoms with Gasteiger partial charge in [0.2, 0.25) is 0 Å². The van der Waals surface area contributed by atoms with Crippen molar-refractivity contribution in [3.63, 3.8) is 0 Å². The van der Waals surface area contributed by atoms with E-state index < -0.39 is 21.7 Å². The Morgan fingerprint density at radius 2 is 2.31 bits per heavy atom. The lowest BCUT2D eigenvalue weighted by Gasteiger charge is -2.03. The number of carboxylic acids is 1. The molecule has 0 unspecified atom stereocenters. The lowest BCUT2D eigenvalue weighted by atomic mass is 10.5. The minimum Gasteiger partial charge on any atom is -0.476 e. The zero-order chi connectivity index (χ0) is 12.3. The molecule has 0 amide bonds. The van der Waals surface area contributed by atoms with E-state index >= 15 is 0 Å². The van der Waals surface area contributed by atoms with E-state index in [-0.39, 0.29) is 10.8 Å². The minimum atomic E-state index is -3.85. The summed E-state index contributed by atoms with van der Waals surface area (Å²) in [7, 11) is -3.85. The van der Waals surface area contributed by atoms with Crippen LogP contribution in [0.25, 0.3) is 0 Å². The minimum absolute atomic E-state index is 0.0146. The van der Waals surface area contributed by atoms with Crippen LogP contribution in [0.4, 0.5) is 0 Å². The van der Waals surface area contributed by atoms with Crippen LogP contribution in [0.5, 0.6) is 0 Å². The molecule has 1 rings (SSSR count). The fourth-order valence-corrected chi connectivity index (χ4v) is 3.34. The van der Waals surface area contributed by atoms with Crippen molar-refractivity contribution in [1.29, 1.82) is 0 Å². The normalized spacial score (nSPS) is 11.3. The lowest BCUT2D eigenvalue weighted by molar-refractivity contribution is 0.0687. The van der Waals surface area contributed by atoms with E-state index in [4.69, 9.17) is 5.11 Å². The molecule has 0 saturated carbocycles. The van der Waals surface area contributed by atoms with Crippen LogP contribution in [0, 0.1) is 0 Å². The van der Waals surface area contributed by atoms with Gasteiger partial charge in [-0.3, -0.25) is 0 Å². The van der Waals surface area contributed by atoms with Crippen molar-refractivity contribution in [1.82, 2.24) is 9.71 Å². The van der Waals surface area contributed by atoms with E-state index in [1.54, 1.807) is 0 Å². The molecule has 88 valence electrons. The number of hydrogen-bond acceptors (Lipinski definition) is 5. The first-order valence-corrected chi connectivity index (χ1v) is 7.00. The molecule has 0 aliphatic heterocycles. The molecule has 0 fully saturated rings. The molecular weight excluding hydrogens is 320 g/mol. The highest BCUT2D eigenvalue weighted by atomic mass is 79.9. The van der Waals surface area contributed by atoms with Crippen molar-refractivity contribution >= 4 is 43.3 Å². The van der Waals surface area contributed by atoms with E-state index in [1.165, 1.54) is 5.51 Å². The third-order valence-electron chi connectivity index (χ3n) is 1.44. The number of aromatic carboxylic acids is 1. The monoisotopic (exact) mass is 326 g/mol. The summed E-state index contributed by atoms with van der Waals surface area (Å²) in [5.74, 6) is -1.38. The quantitative estimate of drug-likeness (QED) is 0.842. The van der Waals surface area contributed by atoms with Gasteiger partial charge in [0.25, 0.3) is 10.0 Å². The Morgan fingerprint density at radius 1 is 1.69 bits per heavy atom. The molecule has 16 heavy (non-hydrogen) atoms. The predicted octanol–water partition coefficient (Wildman–Crippen LogP) is 1.03. The SMILES string of the molecule is C=C(Br)CNS(=O)(=O)c1scnc1C(=O)O. The van der Waals surface area contributed by atoms with Gasteiger partial charge in [-0.1, -0.05) is 22.5 Å². The largest absolute Gasteiger partial charge is 0.476 e. The van der Waals surface area contributed by atoms with Gasteiger partial charge in [-0.2, -0.15) is 0 Å². The van der Waals surface area contributed by atoms with Gasteiger partial charge < -0.3 is 5.11 Å². The van der Waals surface area contributed by atoms with Crippen LogP contribution in [-0.4, -0.2) is 31.0 Å². The maximum Gasteiger partial charge on any atom is 0.356 e. The van der Waals surface area contributed by atoms with Crippen LogP contribution in [0.2, 0.25) is 0 Å². The highest BCUT2D eigenvalue weighted by Gasteiger charge is 2.25. The Morgan fingerprint density at radius 3 is 2.81 bits per heavy atom. The van der Waals surface area contributed by atoms with Gasteiger partial charge in [-0.15, -0.1) is 11.3 Å². The first-order chi connectivity index (χ1) is 7.34. The molecule has 1 aromatic rings. The van der Waals surface area contributed by atoms with E-state index in [1.807, 2.05) is 0 Å². The molecule has 0 spiro atoms. The first-order valence-electron chi connectivity index (χ1n) is 3.84. The van der Waals surface area contributed by atoms with E-state index in [0.717, 1.165) is 11.3 Å².